The van der Waals surface area contributed by atoms with Gasteiger partial charge in [0.25, 0.3) is 6.43 Å². The zero-order chi connectivity index (χ0) is 19.4. The van der Waals surface area contributed by atoms with E-state index in [0.717, 1.165) is 6.07 Å². The lowest BCUT2D eigenvalue weighted by molar-refractivity contribution is 0.0645. The predicted molar refractivity (Wildman–Crippen MR) is 87.8 cm³/mol. The number of anilines is 2. The average Bonchev–Trinajstić information content (AvgIpc) is 2.99. The molecule has 2 aromatic rings. The number of alkyl halides is 2. The molecule has 1 aromatic carbocycles. The fourth-order valence-electron chi connectivity index (χ4n) is 2.00. The van der Waals surface area contributed by atoms with E-state index >= 15 is 0 Å². The van der Waals surface area contributed by atoms with Crippen molar-refractivity contribution < 1.29 is 37.4 Å². The number of nitrogens with one attached hydrogen (secondary N) is 2. The Kier molecular flexibility index (Phi) is 5.88. The molecular weight excluding hydrogens is 378 g/mol. The largest absolute Gasteiger partial charge is 0.495 e. The number of benzene rings is 1. The summed E-state index contributed by atoms with van der Waals surface area (Å²) in [5.41, 5.74) is -0.343. The zero-order valence-corrected chi connectivity index (χ0v) is 14.2. The Morgan fingerprint density at radius 3 is 2.27 bits per heavy atom. The number of amides is 2. The molecule has 0 fully saturated rings. The molecule has 0 spiro atoms. The summed E-state index contributed by atoms with van der Waals surface area (Å²) in [4.78, 5) is 22.9. The van der Waals surface area contributed by atoms with Gasteiger partial charge in [-0.2, -0.15) is 0 Å². The monoisotopic (exact) mass is 390 g/mol. The Balaban J connectivity index is 2.24. The standard InChI is InChI=1S/C15H13ClF2N2O6/c1-24-9-5-10(25-2)7(3-6(9)16)19-15(23)20-8-4-11(14(21)22)26-12(8)13(17)18/h3-5,13H,1-2H3,(H,21,22)(H2,19,20,23). The van der Waals surface area contributed by atoms with Crippen molar-refractivity contribution in [3.8, 4) is 11.5 Å². The molecule has 1 heterocycles. The number of halogens is 3. The van der Waals surface area contributed by atoms with Crippen LogP contribution in [0.4, 0.5) is 25.0 Å². The van der Waals surface area contributed by atoms with Crippen LogP contribution < -0.4 is 20.1 Å². The average molecular weight is 391 g/mol. The van der Waals surface area contributed by atoms with Crippen LogP contribution in [-0.2, 0) is 0 Å². The molecule has 11 heteroatoms. The van der Waals surface area contributed by atoms with E-state index in [0.29, 0.717) is 5.75 Å². The molecule has 0 saturated carbocycles. The number of carboxylic acids is 1. The van der Waals surface area contributed by atoms with E-state index in [-0.39, 0.29) is 16.5 Å². The molecule has 0 unspecified atom stereocenters. The summed E-state index contributed by atoms with van der Waals surface area (Å²) in [6, 6.07) is 2.60. The summed E-state index contributed by atoms with van der Waals surface area (Å²) in [6.07, 6.45) is -3.12. The number of hydrogen-bond acceptors (Lipinski definition) is 5. The molecule has 2 rings (SSSR count). The quantitative estimate of drug-likeness (QED) is 0.680. The molecule has 2 amide bonds. The highest BCUT2D eigenvalue weighted by Gasteiger charge is 2.24. The zero-order valence-electron chi connectivity index (χ0n) is 13.4. The Hall–Kier alpha value is -3.01. The third kappa shape index (κ3) is 4.14. The van der Waals surface area contributed by atoms with Crippen molar-refractivity contribution in [2.24, 2.45) is 0 Å². The van der Waals surface area contributed by atoms with E-state index in [1.165, 1.54) is 26.4 Å². The summed E-state index contributed by atoms with van der Waals surface area (Å²) < 4.78 is 40.5. The molecule has 0 aliphatic rings. The second-order valence-corrected chi connectivity index (χ2v) is 5.17. The minimum Gasteiger partial charge on any atom is -0.495 e. The molecule has 0 bridgehead atoms. The fourth-order valence-corrected chi connectivity index (χ4v) is 2.24. The smallest absolute Gasteiger partial charge is 0.371 e. The molecule has 3 N–H and O–H groups in total. The Morgan fingerprint density at radius 2 is 1.73 bits per heavy atom. The van der Waals surface area contributed by atoms with E-state index in [1.54, 1.807) is 0 Å². The maximum atomic E-state index is 12.9. The van der Waals surface area contributed by atoms with Crippen molar-refractivity contribution >= 4 is 35.0 Å². The van der Waals surface area contributed by atoms with Crippen LogP contribution in [0, 0.1) is 0 Å². The summed E-state index contributed by atoms with van der Waals surface area (Å²) in [5.74, 6) is -2.76. The number of rotatable bonds is 6. The summed E-state index contributed by atoms with van der Waals surface area (Å²) in [7, 11) is 2.74. The van der Waals surface area contributed by atoms with Gasteiger partial charge < -0.3 is 29.6 Å². The minimum absolute atomic E-state index is 0.136. The number of carbonyl (C=O) groups excluding carboxylic acids is 1. The van der Waals surface area contributed by atoms with Gasteiger partial charge in [0.05, 0.1) is 30.6 Å². The van der Waals surface area contributed by atoms with Crippen LogP contribution >= 0.6 is 11.6 Å². The first-order chi connectivity index (χ1) is 12.3. The number of carbonyl (C=O) groups is 2. The van der Waals surface area contributed by atoms with Crippen molar-refractivity contribution in [1.29, 1.82) is 0 Å². The molecule has 0 aliphatic carbocycles. The molecule has 140 valence electrons. The third-order valence-corrected chi connectivity index (χ3v) is 3.44. The van der Waals surface area contributed by atoms with Crippen LogP contribution in [0.2, 0.25) is 5.02 Å². The molecule has 1 aromatic heterocycles. The summed E-state index contributed by atoms with van der Waals surface area (Å²) in [5, 5.41) is 13.4. The van der Waals surface area contributed by atoms with Crippen molar-refractivity contribution in [3.63, 3.8) is 0 Å². The van der Waals surface area contributed by atoms with Gasteiger partial charge in [0.1, 0.15) is 11.5 Å². The topological polar surface area (TPSA) is 110 Å². The van der Waals surface area contributed by atoms with E-state index < -0.39 is 35.6 Å². The molecule has 0 aliphatic heterocycles. The predicted octanol–water partition coefficient (Wildman–Crippen LogP) is 4.23. The summed E-state index contributed by atoms with van der Waals surface area (Å²) in [6.45, 7) is 0. The Labute approximate surface area is 150 Å². The van der Waals surface area contributed by atoms with E-state index in [4.69, 9.17) is 26.2 Å². The normalized spacial score (nSPS) is 10.5. The van der Waals surface area contributed by atoms with Gasteiger partial charge in [-0.15, -0.1) is 0 Å². The number of methoxy groups -OCH3 is 2. The summed E-state index contributed by atoms with van der Waals surface area (Å²) >= 11 is 5.98. The number of ether oxygens (including phenoxy) is 2. The van der Waals surface area contributed by atoms with Crippen LogP contribution in [0.25, 0.3) is 0 Å². The van der Waals surface area contributed by atoms with Gasteiger partial charge >= 0.3 is 12.0 Å². The lowest BCUT2D eigenvalue weighted by atomic mass is 10.2. The van der Waals surface area contributed by atoms with Crippen molar-refractivity contribution in [3.05, 3.63) is 34.7 Å². The van der Waals surface area contributed by atoms with Gasteiger partial charge in [0.2, 0.25) is 5.76 Å². The van der Waals surface area contributed by atoms with Crippen LogP contribution in [-0.4, -0.2) is 31.3 Å². The van der Waals surface area contributed by atoms with Crippen molar-refractivity contribution in [2.45, 2.75) is 6.43 Å². The Bertz CT molecular complexity index is 840. The minimum atomic E-state index is -3.12. The van der Waals surface area contributed by atoms with Crippen LogP contribution in [0.5, 0.6) is 11.5 Å². The molecule has 0 saturated heterocycles. The van der Waals surface area contributed by atoms with Crippen molar-refractivity contribution in [2.75, 3.05) is 24.9 Å². The molecule has 0 radical (unpaired) electrons. The number of carboxylic acid groups (broad SMARTS) is 1. The highest BCUT2D eigenvalue weighted by atomic mass is 35.5. The lowest BCUT2D eigenvalue weighted by Crippen LogP contribution is -2.20. The SMILES string of the molecule is COc1cc(OC)c(NC(=O)Nc2cc(C(=O)O)oc2C(F)F)cc1Cl. The van der Waals surface area contributed by atoms with E-state index in [1.807, 2.05) is 0 Å². The molecule has 0 atom stereocenters. The van der Waals surface area contributed by atoms with Crippen LogP contribution in [0.15, 0.2) is 22.6 Å². The number of furan rings is 1. The van der Waals surface area contributed by atoms with Gasteiger partial charge in [0.15, 0.2) is 5.76 Å². The third-order valence-electron chi connectivity index (χ3n) is 3.14. The second-order valence-electron chi connectivity index (χ2n) is 4.76. The maximum absolute atomic E-state index is 12.9. The van der Waals surface area contributed by atoms with Crippen molar-refractivity contribution in [1.82, 2.24) is 0 Å². The van der Waals surface area contributed by atoms with Gasteiger partial charge in [-0.25, -0.2) is 18.4 Å². The Morgan fingerprint density at radius 1 is 1.12 bits per heavy atom. The lowest BCUT2D eigenvalue weighted by Gasteiger charge is -2.13. The first-order valence-corrected chi connectivity index (χ1v) is 7.29. The molecule has 8 nitrogen and oxygen atoms in total. The van der Waals surface area contributed by atoms with E-state index in [9.17, 15) is 18.4 Å². The fraction of sp³-hybridized carbons (Fsp3) is 0.200. The van der Waals surface area contributed by atoms with Gasteiger partial charge in [-0.3, -0.25) is 0 Å². The van der Waals surface area contributed by atoms with Crippen LogP contribution in [0.1, 0.15) is 22.7 Å². The van der Waals surface area contributed by atoms with Gasteiger partial charge in [-0.1, -0.05) is 11.6 Å². The number of aromatic carboxylic acids is 1. The van der Waals surface area contributed by atoms with E-state index in [2.05, 4.69) is 15.1 Å². The van der Waals surface area contributed by atoms with Crippen LogP contribution in [0.3, 0.4) is 0 Å². The highest BCUT2D eigenvalue weighted by molar-refractivity contribution is 6.32. The first kappa shape index (κ1) is 19.3. The number of hydrogen-bond donors (Lipinski definition) is 3. The first-order valence-electron chi connectivity index (χ1n) is 6.91. The van der Waals surface area contributed by atoms with Gasteiger partial charge in [0, 0.05) is 12.1 Å². The van der Waals surface area contributed by atoms with Gasteiger partial charge in [-0.05, 0) is 6.07 Å². The number of urea groups is 1. The second kappa shape index (κ2) is 7.91. The molecular formula is C15H13ClF2N2O6. The molecule has 26 heavy (non-hydrogen) atoms. The maximum Gasteiger partial charge on any atom is 0.371 e. The highest BCUT2D eigenvalue weighted by Crippen LogP contribution is 2.36.